The minimum atomic E-state index is -4.83. The highest BCUT2D eigenvalue weighted by molar-refractivity contribution is 7.13. The van der Waals surface area contributed by atoms with Crippen molar-refractivity contribution < 1.29 is 22.4 Å². The van der Waals surface area contributed by atoms with Gasteiger partial charge < -0.3 is 4.98 Å². The van der Waals surface area contributed by atoms with Crippen molar-refractivity contribution in [2.75, 3.05) is 5.32 Å². The van der Waals surface area contributed by atoms with Gasteiger partial charge in [-0.15, -0.1) is 11.3 Å². The van der Waals surface area contributed by atoms with Crippen LogP contribution < -0.4 is 5.32 Å². The van der Waals surface area contributed by atoms with E-state index in [0.29, 0.717) is 16.7 Å². The van der Waals surface area contributed by atoms with Crippen LogP contribution in [0.1, 0.15) is 15.9 Å². The lowest BCUT2D eigenvalue weighted by Gasteiger charge is -2.08. The third-order valence-electron chi connectivity index (χ3n) is 3.96. The van der Waals surface area contributed by atoms with Gasteiger partial charge in [-0.1, -0.05) is 6.07 Å². The number of aromatic nitrogens is 3. The second-order valence-electron chi connectivity index (χ2n) is 5.77. The number of nitrogens with zero attached hydrogens (tertiary/aromatic N) is 2. The van der Waals surface area contributed by atoms with Gasteiger partial charge in [0, 0.05) is 17.1 Å². The van der Waals surface area contributed by atoms with Gasteiger partial charge >= 0.3 is 6.18 Å². The summed E-state index contributed by atoms with van der Waals surface area (Å²) in [5.41, 5.74) is -0.360. The molecule has 142 valence electrons. The van der Waals surface area contributed by atoms with Gasteiger partial charge in [0.15, 0.2) is 5.13 Å². The fourth-order valence-electron chi connectivity index (χ4n) is 2.69. The van der Waals surface area contributed by atoms with Crippen molar-refractivity contribution >= 4 is 33.4 Å². The van der Waals surface area contributed by atoms with E-state index in [-0.39, 0.29) is 22.5 Å². The van der Waals surface area contributed by atoms with E-state index in [9.17, 15) is 22.4 Å². The zero-order valence-corrected chi connectivity index (χ0v) is 14.7. The molecule has 0 bridgehead atoms. The lowest BCUT2D eigenvalue weighted by atomic mass is 10.1. The number of imidazole rings is 1. The number of amides is 1. The van der Waals surface area contributed by atoms with Gasteiger partial charge in [0.2, 0.25) is 0 Å². The first-order chi connectivity index (χ1) is 13.3. The fraction of sp³-hybridized carbons (Fsp3) is 0.0556. The molecule has 0 aliphatic rings. The molecule has 0 unspecified atom stereocenters. The summed E-state index contributed by atoms with van der Waals surface area (Å²) < 4.78 is 52.4. The highest BCUT2D eigenvalue weighted by Crippen LogP contribution is 2.34. The van der Waals surface area contributed by atoms with E-state index < -0.39 is 23.5 Å². The van der Waals surface area contributed by atoms with Crippen LogP contribution in [0.25, 0.3) is 22.4 Å². The topological polar surface area (TPSA) is 70.7 Å². The number of hydrogen-bond donors (Lipinski definition) is 2. The van der Waals surface area contributed by atoms with Crippen molar-refractivity contribution in [2.45, 2.75) is 6.18 Å². The second-order valence-corrected chi connectivity index (χ2v) is 6.67. The predicted octanol–water partition coefficient (Wildman–Crippen LogP) is 5.10. The molecular formula is C18H10F4N4OS. The molecule has 2 N–H and O–H groups in total. The zero-order chi connectivity index (χ0) is 19.9. The zero-order valence-electron chi connectivity index (χ0n) is 13.8. The second kappa shape index (κ2) is 6.71. The van der Waals surface area contributed by atoms with Crippen molar-refractivity contribution in [2.24, 2.45) is 0 Å². The molecule has 0 atom stereocenters. The summed E-state index contributed by atoms with van der Waals surface area (Å²) in [7, 11) is 0. The van der Waals surface area contributed by atoms with E-state index in [0.717, 1.165) is 6.07 Å². The summed E-state index contributed by atoms with van der Waals surface area (Å²) in [4.78, 5) is 23.6. The van der Waals surface area contributed by atoms with Crippen LogP contribution in [-0.4, -0.2) is 20.9 Å². The molecule has 5 nitrogen and oxygen atoms in total. The van der Waals surface area contributed by atoms with Crippen molar-refractivity contribution in [3.63, 3.8) is 0 Å². The van der Waals surface area contributed by atoms with Crippen LogP contribution in [0.4, 0.5) is 22.7 Å². The molecule has 2 aromatic heterocycles. The predicted molar refractivity (Wildman–Crippen MR) is 96.6 cm³/mol. The van der Waals surface area contributed by atoms with E-state index in [1.165, 1.54) is 17.4 Å². The van der Waals surface area contributed by atoms with Gasteiger partial charge in [0.05, 0.1) is 16.6 Å². The number of alkyl halides is 3. The minimum absolute atomic E-state index is 0.0520. The molecule has 0 saturated carbocycles. The van der Waals surface area contributed by atoms with E-state index >= 15 is 0 Å². The summed E-state index contributed by atoms with van der Waals surface area (Å²) in [5.74, 6) is -1.72. The van der Waals surface area contributed by atoms with E-state index in [1.807, 2.05) is 0 Å². The Kier molecular flexibility index (Phi) is 4.34. The van der Waals surface area contributed by atoms with Crippen LogP contribution in [0.3, 0.4) is 0 Å². The molecule has 4 aromatic rings. The quantitative estimate of drug-likeness (QED) is 0.465. The molecule has 2 heterocycles. The molecule has 0 saturated heterocycles. The Morgan fingerprint density at radius 1 is 1.18 bits per heavy atom. The number of para-hydroxylation sites is 1. The Hall–Kier alpha value is -3.27. The molecule has 0 fully saturated rings. The van der Waals surface area contributed by atoms with Crippen molar-refractivity contribution in [1.29, 1.82) is 0 Å². The Labute approximate surface area is 159 Å². The lowest BCUT2D eigenvalue weighted by molar-refractivity contribution is -0.139. The number of benzene rings is 2. The maximum atomic E-state index is 13.5. The minimum Gasteiger partial charge on any atom is -0.338 e. The Morgan fingerprint density at radius 3 is 2.71 bits per heavy atom. The van der Waals surface area contributed by atoms with Gasteiger partial charge in [-0.05, 0) is 30.3 Å². The summed E-state index contributed by atoms with van der Waals surface area (Å²) in [6.45, 7) is 0. The largest absolute Gasteiger partial charge is 0.419 e. The van der Waals surface area contributed by atoms with Crippen LogP contribution in [0.15, 0.2) is 48.0 Å². The average molecular weight is 406 g/mol. The van der Waals surface area contributed by atoms with E-state index in [1.54, 1.807) is 29.8 Å². The van der Waals surface area contributed by atoms with Gasteiger partial charge in [-0.2, -0.15) is 13.2 Å². The van der Waals surface area contributed by atoms with Gasteiger partial charge in [0.25, 0.3) is 5.91 Å². The summed E-state index contributed by atoms with van der Waals surface area (Å²) >= 11 is 1.25. The summed E-state index contributed by atoms with van der Waals surface area (Å²) in [6, 6.07) is 7.41. The highest BCUT2D eigenvalue weighted by Gasteiger charge is 2.34. The summed E-state index contributed by atoms with van der Waals surface area (Å²) in [6.07, 6.45) is -3.29. The maximum Gasteiger partial charge on any atom is 0.419 e. The third kappa shape index (κ3) is 3.33. The number of hydrogen-bond acceptors (Lipinski definition) is 4. The number of carbonyl (C=O) groups is 1. The highest BCUT2D eigenvalue weighted by atomic mass is 32.1. The number of nitrogens with one attached hydrogen (secondary N) is 2. The Balaban J connectivity index is 1.76. The first-order valence-electron chi connectivity index (χ1n) is 7.89. The van der Waals surface area contributed by atoms with Gasteiger partial charge in [-0.25, -0.2) is 14.4 Å². The molecule has 0 aliphatic heterocycles. The Bertz CT molecular complexity index is 1170. The number of aromatic amines is 1. The fourth-order valence-corrected chi connectivity index (χ4v) is 3.22. The smallest absolute Gasteiger partial charge is 0.338 e. The summed E-state index contributed by atoms with van der Waals surface area (Å²) in [5, 5.41) is 4.74. The van der Waals surface area contributed by atoms with Gasteiger partial charge in [0.1, 0.15) is 17.2 Å². The van der Waals surface area contributed by atoms with Crippen LogP contribution in [-0.2, 0) is 6.18 Å². The van der Waals surface area contributed by atoms with Crippen LogP contribution in [0, 0.1) is 5.82 Å². The average Bonchev–Trinajstić information content (AvgIpc) is 3.30. The molecule has 1 amide bonds. The van der Waals surface area contributed by atoms with Crippen molar-refractivity contribution in [3.8, 4) is 11.4 Å². The number of H-pyrrole nitrogens is 1. The normalized spacial score (nSPS) is 11.7. The van der Waals surface area contributed by atoms with E-state index in [4.69, 9.17) is 0 Å². The van der Waals surface area contributed by atoms with Crippen LogP contribution in [0.2, 0.25) is 0 Å². The number of anilines is 1. The number of thiazole rings is 1. The number of halogens is 4. The first-order valence-corrected chi connectivity index (χ1v) is 8.77. The van der Waals surface area contributed by atoms with Crippen molar-refractivity contribution in [1.82, 2.24) is 15.0 Å². The van der Waals surface area contributed by atoms with Gasteiger partial charge in [-0.3, -0.25) is 10.1 Å². The van der Waals surface area contributed by atoms with Crippen molar-refractivity contribution in [3.05, 3.63) is 64.9 Å². The first kappa shape index (κ1) is 18.1. The number of fused-ring (bicyclic) bond motifs is 1. The standard InChI is InChI=1S/C18H10F4N4OS/c19-12-5-4-9(8-11(12)18(20,21)22)15-24-13-3-1-2-10(14(13)25-15)16(27)26-17-23-6-7-28-17/h1-8H,(H,24,25)(H,23,26,27). The maximum absolute atomic E-state index is 13.5. The molecule has 28 heavy (non-hydrogen) atoms. The van der Waals surface area contributed by atoms with Crippen LogP contribution in [0.5, 0.6) is 0 Å². The Morgan fingerprint density at radius 2 is 2.00 bits per heavy atom. The molecule has 0 radical (unpaired) electrons. The lowest BCUT2D eigenvalue weighted by Crippen LogP contribution is -2.12. The molecular weight excluding hydrogens is 396 g/mol. The molecule has 0 spiro atoms. The SMILES string of the molecule is O=C(Nc1nccs1)c1cccc2[nH]c(-c3ccc(F)c(C(F)(F)F)c3)nc12. The number of carbonyl (C=O) groups excluding carboxylic acids is 1. The molecule has 2 aromatic carbocycles. The molecule has 4 rings (SSSR count). The third-order valence-corrected chi connectivity index (χ3v) is 4.64. The monoisotopic (exact) mass is 406 g/mol. The number of rotatable bonds is 3. The van der Waals surface area contributed by atoms with Crippen LogP contribution >= 0.6 is 11.3 Å². The van der Waals surface area contributed by atoms with E-state index in [2.05, 4.69) is 20.3 Å². The molecule has 0 aliphatic carbocycles. The molecule has 10 heteroatoms.